The molecule has 0 aliphatic heterocycles. The van der Waals surface area contributed by atoms with Crippen molar-refractivity contribution in [2.45, 2.75) is 177 Å². The van der Waals surface area contributed by atoms with E-state index in [1.165, 1.54) is 124 Å². The summed E-state index contributed by atoms with van der Waals surface area (Å²) in [7, 11) is 5.60. The van der Waals surface area contributed by atoms with Crippen LogP contribution in [0.3, 0.4) is 0 Å². The van der Waals surface area contributed by atoms with E-state index < -0.39 is 37.0 Å². The van der Waals surface area contributed by atoms with Gasteiger partial charge in [0.15, 0.2) is 0 Å². The third-order valence-corrected chi connectivity index (χ3v) is 37.2. The average Bonchev–Trinajstić information content (AvgIpc) is 1.56. The van der Waals surface area contributed by atoms with E-state index in [-0.39, 0.29) is 26.1 Å². The first kappa shape index (κ1) is 83.7. The van der Waals surface area contributed by atoms with E-state index in [4.69, 9.17) is 26.5 Å². The van der Waals surface area contributed by atoms with Crippen molar-refractivity contribution in [2.24, 2.45) is 47.3 Å². The van der Waals surface area contributed by atoms with Crippen molar-refractivity contribution in [1.82, 2.24) is 0 Å². The quantitative estimate of drug-likeness (QED) is 0.0306. The summed E-state index contributed by atoms with van der Waals surface area (Å²) in [5.74, 6) is 4.85. The Bertz CT molecular complexity index is 4350. The maximum atomic E-state index is 6.14. The Hall–Kier alpha value is -6.76. The summed E-state index contributed by atoms with van der Waals surface area (Å²) in [4.78, 5) is 0. The monoisotopic (exact) mass is 1620 g/mol. The van der Waals surface area contributed by atoms with Gasteiger partial charge in [0.1, 0.15) is 0 Å². The van der Waals surface area contributed by atoms with Gasteiger partial charge in [-0.1, -0.05) is 355 Å². The number of benzene rings is 8. The van der Waals surface area contributed by atoms with Gasteiger partial charge in [-0.3, -0.25) is 0 Å². The zero-order valence-corrected chi connectivity index (χ0v) is 74.0. The molecule has 0 amide bonds. The van der Waals surface area contributed by atoms with Crippen LogP contribution in [0.4, 0.5) is 0 Å². The molecule has 8 aliphatic rings. The van der Waals surface area contributed by atoms with E-state index in [0.29, 0.717) is 58.4 Å². The third kappa shape index (κ3) is 19.4. The summed E-state index contributed by atoms with van der Waals surface area (Å²) in [6.45, 7) is 20.5. The molecule has 2 fully saturated rings. The van der Waals surface area contributed by atoms with Crippen LogP contribution in [0.25, 0.3) is 22.3 Å². The molecule has 12 unspecified atom stereocenters. The molecule has 2 nitrogen and oxygen atoms in total. The SMILES string of the molecule is CC(C)(C)OCCCCCC[Si](C)(C1C2C=CC=CC2C2C=CC(Cc3ccccc3)=CC21)C1C2C=CC=CC2C2C=CC(Cc3ccccc3)=CC21.CC(C)(C)OCCCCCC[Si](C)(C1c2ccccc2-c2ccc(Cc3ccccc3)cc21)C1c2ccccc2-c2ccc(Cc3ccccc3)cc21.[CH3+].[CH3+].[Cl][Zr][Cl]. The molecule has 16 rings (SSSR count). The minimum absolute atomic E-state index is 0. The van der Waals surface area contributed by atoms with Gasteiger partial charge in [-0.15, -0.1) is 0 Å². The zero-order valence-electron chi connectivity index (χ0n) is 68.0. The Morgan fingerprint density at radius 2 is 0.640 bits per heavy atom. The van der Waals surface area contributed by atoms with Gasteiger partial charge in [0.05, 0.1) is 27.3 Å². The molecule has 0 N–H and O–H groups in total. The summed E-state index contributed by atoms with van der Waals surface area (Å²) in [6, 6.07) is 80.7. The number of halogens is 2. The Kier molecular flexibility index (Phi) is 28.7. The van der Waals surface area contributed by atoms with E-state index in [1.54, 1.807) is 22.3 Å². The van der Waals surface area contributed by atoms with Crippen LogP contribution in [0.15, 0.2) is 302 Å². The first-order valence-corrected chi connectivity index (χ1v) is 53.4. The van der Waals surface area contributed by atoms with Crippen LogP contribution in [-0.4, -0.2) is 40.6 Å². The minimum atomic E-state index is -2.25. The molecule has 8 aromatic rings. The fourth-order valence-corrected chi connectivity index (χ4v) is 34.2. The number of hydrogen-bond donors (Lipinski definition) is 0. The van der Waals surface area contributed by atoms with Crippen LogP contribution in [0.1, 0.15) is 160 Å². The fourth-order valence-electron chi connectivity index (χ4n) is 21.5. The molecule has 0 bridgehead atoms. The summed E-state index contributed by atoms with van der Waals surface area (Å²) in [6.07, 6.45) is 49.9. The second-order valence-electron chi connectivity index (χ2n) is 35.3. The van der Waals surface area contributed by atoms with Gasteiger partial charge >= 0.3 is 37.9 Å². The number of rotatable bonds is 26. The zero-order chi connectivity index (χ0) is 75.5. The molecule has 574 valence electrons. The molecular formula is C104H122Cl2O2Si2Zr+2. The Morgan fingerprint density at radius 3 is 1.02 bits per heavy atom. The number of allylic oxidation sites excluding steroid dienone is 16. The molecular weight excluding hydrogens is 1500 g/mol. The summed E-state index contributed by atoms with van der Waals surface area (Å²) in [5.41, 5.74) is 25.7. The van der Waals surface area contributed by atoms with Crippen molar-refractivity contribution >= 4 is 33.2 Å². The molecule has 7 heteroatoms. The standard InChI is InChI=1S/C51H62OSi.C51H54OSi.2CH3.2ClH.Zr/c2*1-51(2,3)52-31-17-5-6-18-32-53(4,49-45-25-15-13-23-41(45)43-29-27-39(35-47(43)49)33-37-19-9-7-10-20-37)50-46-26-16-14-24-42(46)44-30-28-40(36-48(44)50)34-38-21-11-8-12-22-38;;;;;/h7-16,19-30,35-36,41-50H,5-6,17-18,31-34H2,1-4H3;7-16,19-30,35-36,49-50H,5-6,17-18,31-34H2,1-4H3;2*1H3;2*1H;/q;;2*+1;;;+2/p-2. The average molecular weight is 1620 g/mol. The van der Waals surface area contributed by atoms with Crippen molar-refractivity contribution in [2.75, 3.05) is 13.2 Å². The van der Waals surface area contributed by atoms with Crippen molar-refractivity contribution in [3.63, 3.8) is 0 Å². The van der Waals surface area contributed by atoms with Crippen LogP contribution in [0.5, 0.6) is 0 Å². The number of ether oxygens (including phenoxy) is 2. The second kappa shape index (κ2) is 38.1. The molecule has 111 heavy (non-hydrogen) atoms. The molecule has 0 aromatic heterocycles. The van der Waals surface area contributed by atoms with Crippen molar-refractivity contribution in [1.29, 1.82) is 0 Å². The molecule has 0 radical (unpaired) electrons. The van der Waals surface area contributed by atoms with Crippen LogP contribution in [0, 0.1) is 62.2 Å². The third-order valence-electron chi connectivity index (χ3n) is 25.9. The molecule has 8 aromatic carbocycles. The van der Waals surface area contributed by atoms with Crippen LogP contribution >= 0.6 is 17.0 Å². The van der Waals surface area contributed by atoms with E-state index in [2.05, 4.69) is 346 Å². The van der Waals surface area contributed by atoms with Gasteiger partial charge in [0, 0.05) is 39.1 Å². The summed E-state index contributed by atoms with van der Waals surface area (Å²) < 4.78 is 12.2. The van der Waals surface area contributed by atoms with Gasteiger partial charge in [-0.2, -0.15) is 0 Å². The van der Waals surface area contributed by atoms with E-state index in [1.807, 2.05) is 0 Å². The summed E-state index contributed by atoms with van der Waals surface area (Å²) >= 11 is -0.826. The molecule has 12 atom stereocenters. The molecule has 0 spiro atoms. The first-order chi connectivity index (χ1) is 53.0. The van der Waals surface area contributed by atoms with Gasteiger partial charge in [-0.25, -0.2) is 0 Å². The predicted molar refractivity (Wildman–Crippen MR) is 478 cm³/mol. The maximum absolute atomic E-state index is 6.14. The number of hydrogen-bond acceptors (Lipinski definition) is 2. The number of unbranched alkanes of at least 4 members (excludes halogenated alkanes) is 6. The van der Waals surface area contributed by atoms with E-state index in [9.17, 15) is 0 Å². The topological polar surface area (TPSA) is 18.5 Å². The van der Waals surface area contributed by atoms with Crippen LogP contribution in [-0.2, 0) is 56.0 Å². The van der Waals surface area contributed by atoms with Gasteiger partial charge < -0.3 is 9.47 Å². The van der Waals surface area contributed by atoms with E-state index in [0.717, 1.165) is 56.4 Å². The Balaban J connectivity index is 0.000000196. The first-order valence-electron chi connectivity index (χ1n) is 41.3. The summed E-state index contributed by atoms with van der Waals surface area (Å²) in [5, 5.41) is 0. The molecule has 2 saturated carbocycles. The predicted octanol–water partition coefficient (Wildman–Crippen LogP) is 28.5. The molecule has 8 aliphatic carbocycles. The molecule has 0 heterocycles. The van der Waals surface area contributed by atoms with Crippen molar-refractivity contribution in [3.8, 4) is 22.3 Å². The normalized spacial score (nSPS) is 23.9. The van der Waals surface area contributed by atoms with Crippen molar-refractivity contribution < 1.29 is 30.3 Å². The van der Waals surface area contributed by atoms with Gasteiger partial charge in [-0.05, 0) is 228 Å². The molecule has 0 saturated heterocycles. The van der Waals surface area contributed by atoms with Crippen molar-refractivity contribution in [3.05, 3.63) is 373 Å². The van der Waals surface area contributed by atoms with Crippen LogP contribution < -0.4 is 0 Å². The Morgan fingerprint density at radius 1 is 0.324 bits per heavy atom. The van der Waals surface area contributed by atoms with E-state index >= 15 is 0 Å². The van der Waals surface area contributed by atoms with Gasteiger partial charge in [0.2, 0.25) is 0 Å². The number of fused-ring (bicyclic) bond motifs is 12. The van der Waals surface area contributed by atoms with Gasteiger partial charge in [0.25, 0.3) is 0 Å². The fraction of sp³-hybridized carbons (Fsp3) is 0.365. The van der Waals surface area contributed by atoms with Crippen LogP contribution in [0.2, 0.25) is 36.3 Å². The second-order valence-corrected chi connectivity index (χ2v) is 48.5. The Labute approximate surface area is 690 Å².